The fourth-order valence-electron chi connectivity index (χ4n) is 4.10. The van der Waals surface area contributed by atoms with Gasteiger partial charge in [0.25, 0.3) is 0 Å². The Morgan fingerprint density at radius 2 is 1.63 bits per heavy atom. The van der Waals surface area contributed by atoms with Gasteiger partial charge in [0.05, 0.1) is 11.0 Å². The third-order valence-corrected chi connectivity index (χ3v) is 7.98. The molecule has 2 heterocycles. The zero-order valence-corrected chi connectivity index (χ0v) is 18.2. The average molecular weight is 457 g/mol. The number of aliphatic carboxylic acids is 1. The maximum absolute atomic E-state index is 12.5. The smallest absolute Gasteiger partial charge is 0.475 e. The van der Waals surface area contributed by atoms with Gasteiger partial charge in [-0.25, -0.2) is 13.2 Å². The van der Waals surface area contributed by atoms with Crippen LogP contribution in [0.15, 0.2) is 0 Å². The molecule has 1 amide bonds. The Labute approximate surface area is 175 Å². The van der Waals surface area contributed by atoms with Crippen molar-refractivity contribution in [3.8, 4) is 0 Å². The summed E-state index contributed by atoms with van der Waals surface area (Å²) in [5.41, 5.74) is 0. The quantitative estimate of drug-likeness (QED) is 0.697. The summed E-state index contributed by atoms with van der Waals surface area (Å²) in [6.07, 6.45) is -0.647. The number of carboxylic acids is 1. The normalized spacial score (nSPS) is 26.9. The Morgan fingerprint density at radius 1 is 1.07 bits per heavy atom. The van der Waals surface area contributed by atoms with E-state index in [1.54, 1.807) is 0 Å². The van der Waals surface area contributed by atoms with Crippen LogP contribution in [-0.4, -0.2) is 84.6 Å². The number of nitrogens with zero attached hydrogens (tertiary/aromatic N) is 2. The molecule has 3 aliphatic rings. The number of carboxylic acid groups (broad SMARTS) is 1. The number of carbonyl (C=O) groups is 2. The van der Waals surface area contributed by atoms with Crippen molar-refractivity contribution in [3.05, 3.63) is 0 Å². The molecule has 1 saturated carbocycles. The van der Waals surface area contributed by atoms with E-state index in [0.29, 0.717) is 37.8 Å². The molecular weight excluding hydrogens is 425 g/mol. The predicted octanol–water partition coefficient (Wildman–Crippen LogP) is 2.17. The molecule has 2 atom stereocenters. The fourth-order valence-corrected chi connectivity index (χ4v) is 6.15. The van der Waals surface area contributed by atoms with Crippen LogP contribution < -0.4 is 0 Å². The van der Waals surface area contributed by atoms with Crippen molar-refractivity contribution in [2.24, 2.45) is 11.8 Å². The van der Waals surface area contributed by atoms with Crippen LogP contribution in [0.3, 0.4) is 0 Å². The van der Waals surface area contributed by atoms with E-state index in [1.807, 2.05) is 4.90 Å². The first kappa shape index (κ1) is 24.9. The molecule has 30 heavy (non-hydrogen) atoms. The van der Waals surface area contributed by atoms with Gasteiger partial charge in [-0.15, -0.1) is 0 Å². The van der Waals surface area contributed by atoms with Crippen LogP contribution >= 0.6 is 0 Å². The largest absolute Gasteiger partial charge is 0.490 e. The molecular formula is C19H31F3N2O5S. The van der Waals surface area contributed by atoms with E-state index in [4.69, 9.17) is 9.90 Å². The second kappa shape index (κ2) is 9.84. The number of alkyl halides is 3. The van der Waals surface area contributed by atoms with Crippen molar-refractivity contribution < 1.29 is 36.3 Å². The summed E-state index contributed by atoms with van der Waals surface area (Å²) in [7, 11) is -3.02. The second-order valence-corrected chi connectivity index (χ2v) is 11.1. The van der Waals surface area contributed by atoms with E-state index in [2.05, 4.69) is 18.7 Å². The zero-order valence-electron chi connectivity index (χ0n) is 17.4. The van der Waals surface area contributed by atoms with Crippen molar-refractivity contribution in [2.45, 2.75) is 63.4 Å². The van der Waals surface area contributed by atoms with Gasteiger partial charge < -0.3 is 10.0 Å². The maximum atomic E-state index is 12.5. The Morgan fingerprint density at radius 3 is 2.13 bits per heavy atom. The third-order valence-electron chi connectivity index (χ3n) is 5.76. The minimum atomic E-state index is -5.08. The van der Waals surface area contributed by atoms with E-state index in [0.717, 1.165) is 19.5 Å². The molecule has 0 aromatic heterocycles. The Hall–Kier alpha value is -1.36. The van der Waals surface area contributed by atoms with Crippen molar-refractivity contribution >= 4 is 21.7 Å². The lowest BCUT2D eigenvalue weighted by Crippen LogP contribution is -2.55. The first-order valence-corrected chi connectivity index (χ1v) is 12.1. The van der Waals surface area contributed by atoms with Crippen molar-refractivity contribution in [2.75, 3.05) is 31.9 Å². The van der Waals surface area contributed by atoms with Crippen LogP contribution in [-0.2, 0) is 19.4 Å². The number of amides is 1. The summed E-state index contributed by atoms with van der Waals surface area (Å²) in [5, 5.41) is 6.84. The van der Waals surface area contributed by atoms with Crippen LogP contribution in [0.1, 0.15) is 46.0 Å². The average Bonchev–Trinajstić information content (AvgIpc) is 3.42. The van der Waals surface area contributed by atoms with Crippen LogP contribution in [0.25, 0.3) is 0 Å². The maximum Gasteiger partial charge on any atom is 0.490 e. The standard InChI is InChI=1S/C17H30N2O3S.C2HF3O2/c1-13(2)12-19-9-10-23(21,22)16-6-8-18(7-5-15(16)19)17(20)11-14-3-4-14;3-2(4,5)1(6)7/h13-16H,3-12H2,1-2H3;(H,6,7)/t15-,16+;/m0./s1. The molecule has 0 radical (unpaired) electrons. The monoisotopic (exact) mass is 456 g/mol. The lowest BCUT2D eigenvalue weighted by Gasteiger charge is -2.40. The van der Waals surface area contributed by atoms with Gasteiger partial charge in [-0.3, -0.25) is 9.69 Å². The zero-order chi connectivity index (χ0) is 22.7. The number of fused-ring (bicyclic) bond motifs is 1. The number of rotatable bonds is 4. The molecule has 0 aromatic rings. The Kier molecular flexibility index (Phi) is 8.17. The summed E-state index contributed by atoms with van der Waals surface area (Å²) in [6, 6.07) is 0.0925. The molecule has 1 aliphatic carbocycles. The molecule has 0 aromatic carbocycles. The number of hydrogen-bond donors (Lipinski definition) is 1. The Bertz CT molecular complexity index is 722. The number of hydrogen-bond acceptors (Lipinski definition) is 5. The summed E-state index contributed by atoms with van der Waals surface area (Å²) in [4.78, 5) is 25.6. The number of sulfone groups is 1. The van der Waals surface area contributed by atoms with E-state index in [-0.39, 0.29) is 23.0 Å². The number of halogens is 3. The summed E-state index contributed by atoms with van der Waals surface area (Å²) < 4.78 is 56.8. The first-order chi connectivity index (χ1) is 13.8. The van der Waals surface area contributed by atoms with Gasteiger partial charge in [0.2, 0.25) is 5.91 Å². The van der Waals surface area contributed by atoms with Gasteiger partial charge in [0.15, 0.2) is 9.84 Å². The van der Waals surface area contributed by atoms with Crippen LogP contribution in [0, 0.1) is 11.8 Å². The SMILES string of the molecule is CC(C)CN1CCS(=O)(=O)[C@@H]2CCN(C(=O)CC3CC3)CC[C@@H]21.O=C(O)C(F)(F)F. The fraction of sp³-hybridized carbons (Fsp3) is 0.895. The molecule has 0 spiro atoms. The molecule has 3 fully saturated rings. The highest BCUT2D eigenvalue weighted by Crippen LogP contribution is 2.34. The van der Waals surface area contributed by atoms with E-state index >= 15 is 0 Å². The van der Waals surface area contributed by atoms with Gasteiger partial charge in [-0.05, 0) is 37.5 Å². The molecule has 2 saturated heterocycles. The molecule has 3 rings (SSSR count). The first-order valence-electron chi connectivity index (χ1n) is 10.3. The van der Waals surface area contributed by atoms with Crippen LogP contribution in [0.4, 0.5) is 13.2 Å². The van der Waals surface area contributed by atoms with E-state index < -0.39 is 22.0 Å². The predicted molar refractivity (Wildman–Crippen MR) is 105 cm³/mol. The van der Waals surface area contributed by atoms with Crippen molar-refractivity contribution in [3.63, 3.8) is 0 Å². The van der Waals surface area contributed by atoms with Crippen LogP contribution in [0.2, 0.25) is 0 Å². The van der Waals surface area contributed by atoms with Gasteiger partial charge in [0.1, 0.15) is 0 Å². The molecule has 1 N–H and O–H groups in total. The summed E-state index contributed by atoms with van der Waals surface area (Å²) in [6.45, 7) is 7.29. The van der Waals surface area contributed by atoms with Crippen molar-refractivity contribution in [1.82, 2.24) is 9.80 Å². The lowest BCUT2D eigenvalue weighted by atomic mass is 10.0. The van der Waals surface area contributed by atoms with Gasteiger partial charge in [-0.1, -0.05) is 13.8 Å². The molecule has 7 nitrogen and oxygen atoms in total. The molecule has 174 valence electrons. The van der Waals surface area contributed by atoms with Crippen molar-refractivity contribution in [1.29, 1.82) is 0 Å². The van der Waals surface area contributed by atoms with E-state index in [1.165, 1.54) is 12.8 Å². The van der Waals surface area contributed by atoms with Crippen LogP contribution in [0.5, 0.6) is 0 Å². The molecule has 0 bridgehead atoms. The minimum absolute atomic E-state index is 0.0925. The summed E-state index contributed by atoms with van der Waals surface area (Å²) >= 11 is 0. The van der Waals surface area contributed by atoms with Gasteiger partial charge in [-0.2, -0.15) is 13.2 Å². The van der Waals surface area contributed by atoms with E-state index in [9.17, 15) is 26.4 Å². The highest BCUT2D eigenvalue weighted by molar-refractivity contribution is 7.92. The minimum Gasteiger partial charge on any atom is -0.475 e. The number of likely N-dealkylation sites (tertiary alicyclic amines) is 1. The molecule has 2 aliphatic heterocycles. The third kappa shape index (κ3) is 7.11. The highest BCUT2D eigenvalue weighted by Gasteiger charge is 2.43. The molecule has 0 unspecified atom stereocenters. The van der Waals surface area contributed by atoms with Gasteiger partial charge in [0, 0.05) is 38.6 Å². The topological polar surface area (TPSA) is 95.0 Å². The number of carbonyl (C=O) groups excluding carboxylic acids is 1. The summed E-state index contributed by atoms with van der Waals surface area (Å²) in [5.74, 6) is -1.12. The molecule has 11 heteroatoms. The van der Waals surface area contributed by atoms with Gasteiger partial charge >= 0.3 is 12.1 Å². The lowest BCUT2D eigenvalue weighted by molar-refractivity contribution is -0.192. The second-order valence-electron chi connectivity index (χ2n) is 8.77. The Balaban J connectivity index is 0.000000396. The highest BCUT2D eigenvalue weighted by atomic mass is 32.2.